The summed E-state index contributed by atoms with van der Waals surface area (Å²) in [6.07, 6.45) is 2.62. The Morgan fingerprint density at radius 3 is 2.75 bits per heavy atom. The molecule has 0 heterocycles. The van der Waals surface area contributed by atoms with Crippen LogP contribution in [0.2, 0.25) is 0 Å². The van der Waals surface area contributed by atoms with E-state index in [1.807, 2.05) is 6.92 Å². The van der Waals surface area contributed by atoms with Gasteiger partial charge in [-0.3, -0.25) is 4.79 Å². The molecule has 8 heavy (non-hydrogen) atoms. The summed E-state index contributed by atoms with van der Waals surface area (Å²) in [5.41, 5.74) is 0. The van der Waals surface area contributed by atoms with Gasteiger partial charge in [0.05, 0.1) is 0 Å². The molecule has 1 atom stereocenters. The molecule has 0 aromatic rings. The molecule has 1 unspecified atom stereocenters. The Hall–Kier alpha value is -0.530. The molecule has 0 saturated heterocycles. The minimum Gasteiger partial charge on any atom is -0.465 e. The van der Waals surface area contributed by atoms with Gasteiger partial charge < -0.3 is 4.74 Å². The maximum atomic E-state index is 9.73. The molecular formula is C6H10O2. The number of ether oxygens (including phenoxy) is 1. The maximum absolute atomic E-state index is 9.73. The van der Waals surface area contributed by atoms with Gasteiger partial charge in [-0.2, -0.15) is 0 Å². The summed E-state index contributed by atoms with van der Waals surface area (Å²) in [6.45, 7) is 2.47. The molecule has 1 fully saturated rings. The second-order valence-electron chi connectivity index (χ2n) is 2.27. The van der Waals surface area contributed by atoms with Crippen LogP contribution in [-0.4, -0.2) is 12.6 Å². The Morgan fingerprint density at radius 1 is 1.75 bits per heavy atom. The van der Waals surface area contributed by atoms with Crippen LogP contribution in [0.3, 0.4) is 0 Å². The highest BCUT2D eigenvalue weighted by molar-refractivity contribution is 5.37. The highest BCUT2D eigenvalue weighted by Gasteiger charge is 2.28. The van der Waals surface area contributed by atoms with E-state index in [1.165, 1.54) is 12.8 Å². The zero-order valence-electron chi connectivity index (χ0n) is 4.96. The Labute approximate surface area is 48.8 Å². The van der Waals surface area contributed by atoms with Crippen LogP contribution in [0.4, 0.5) is 0 Å². The lowest BCUT2D eigenvalue weighted by molar-refractivity contribution is -0.133. The largest absolute Gasteiger partial charge is 0.465 e. The first-order chi connectivity index (χ1) is 3.84. The van der Waals surface area contributed by atoms with Gasteiger partial charge in [-0.05, 0) is 25.7 Å². The topological polar surface area (TPSA) is 26.3 Å². The van der Waals surface area contributed by atoms with Crippen molar-refractivity contribution in [2.75, 3.05) is 0 Å². The van der Waals surface area contributed by atoms with Crippen LogP contribution in [0, 0.1) is 5.92 Å². The lowest BCUT2D eigenvalue weighted by atomic mass is 10.3. The van der Waals surface area contributed by atoms with E-state index in [0.717, 1.165) is 0 Å². The molecular weight excluding hydrogens is 104 g/mol. The fraction of sp³-hybridized carbons (Fsp3) is 0.833. The van der Waals surface area contributed by atoms with Gasteiger partial charge in [0.15, 0.2) is 0 Å². The van der Waals surface area contributed by atoms with Crippen molar-refractivity contribution in [3.63, 3.8) is 0 Å². The van der Waals surface area contributed by atoms with E-state index in [9.17, 15) is 4.79 Å². The highest BCUT2D eigenvalue weighted by Crippen LogP contribution is 2.33. The van der Waals surface area contributed by atoms with Crippen LogP contribution < -0.4 is 0 Å². The molecule has 0 spiro atoms. The van der Waals surface area contributed by atoms with E-state index in [2.05, 4.69) is 4.74 Å². The fourth-order valence-electron chi connectivity index (χ4n) is 0.764. The van der Waals surface area contributed by atoms with E-state index in [4.69, 9.17) is 0 Å². The van der Waals surface area contributed by atoms with Gasteiger partial charge in [-0.1, -0.05) is 0 Å². The zero-order chi connectivity index (χ0) is 5.98. The average molecular weight is 114 g/mol. The third-order valence-corrected chi connectivity index (χ3v) is 1.56. The molecule has 46 valence electrons. The Kier molecular flexibility index (Phi) is 1.51. The van der Waals surface area contributed by atoms with Crippen molar-refractivity contribution >= 4 is 6.47 Å². The van der Waals surface area contributed by atoms with Crippen LogP contribution in [0.25, 0.3) is 0 Å². The Bertz CT molecular complexity index is 86.5. The lowest BCUT2D eigenvalue weighted by Gasteiger charge is -2.04. The Balaban J connectivity index is 2.12. The van der Waals surface area contributed by atoms with Crippen molar-refractivity contribution in [1.82, 2.24) is 0 Å². The lowest BCUT2D eigenvalue weighted by Crippen LogP contribution is -2.08. The summed E-state index contributed by atoms with van der Waals surface area (Å²) >= 11 is 0. The summed E-state index contributed by atoms with van der Waals surface area (Å²) in [7, 11) is 0. The second-order valence-corrected chi connectivity index (χ2v) is 2.27. The smallest absolute Gasteiger partial charge is 0.293 e. The van der Waals surface area contributed by atoms with Crippen molar-refractivity contribution in [3.05, 3.63) is 0 Å². The van der Waals surface area contributed by atoms with Crippen molar-refractivity contribution in [2.24, 2.45) is 5.92 Å². The molecule has 2 heteroatoms. The van der Waals surface area contributed by atoms with Crippen LogP contribution in [0.1, 0.15) is 19.8 Å². The first-order valence-corrected chi connectivity index (χ1v) is 2.93. The van der Waals surface area contributed by atoms with Gasteiger partial charge in [0.2, 0.25) is 0 Å². The maximum Gasteiger partial charge on any atom is 0.293 e. The van der Waals surface area contributed by atoms with Crippen molar-refractivity contribution in [3.8, 4) is 0 Å². The quantitative estimate of drug-likeness (QED) is 0.511. The normalized spacial score (nSPS) is 22.1. The fourth-order valence-corrected chi connectivity index (χ4v) is 0.764. The Morgan fingerprint density at radius 2 is 2.38 bits per heavy atom. The third-order valence-electron chi connectivity index (χ3n) is 1.56. The number of carbonyl (C=O) groups excluding carboxylic acids is 1. The molecule has 0 aliphatic heterocycles. The highest BCUT2D eigenvalue weighted by atomic mass is 16.5. The number of rotatable bonds is 3. The van der Waals surface area contributed by atoms with Crippen LogP contribution in [-0.2, 0) is 9.53 Å². The molecule has 0 radical (unpaired) electrons. The molecule has 1 rings (SSSR count). The van der Waals surface area contributed by atoms with E-state index in [-0.39, 0.29) is 6.10 Å². The van der Waals surface area contributed by atoms with E-state index >= 15 is 0 Å². The SMILES string of the molecule is CC(OC=O)C1CC1. The molecule has 0 bridgehead atoms. The molecule has 2 nitrogen and oxygen atoms in total. The third kappa shape index (κ3) is 1.22. The van der Waals surface area contributed by atoms with E-state index < -0.39 is 0 Å². The summed E-state index contributed by atoms with van der Waals surface area (Å²) in [4.78, 5) is 9.73. The van der Waals surface area contributed by atoms with Crippen LogP contribution in [0.5, 0.6) is 0 Å². The molecule has 1 aliphatic carbocycles. The zero-order valence-corrected chi connectivity index (χ0v) is 4.96. The van der Waals surface area contributed by atoms with Gasteiger partial charge >= 0.3 is 0 Å². The summed E-state index contributed by atoms with van der Waals surface area (Å²) in [5.74, 6) is 0.667. The predicted octanol–water partition coefficient (Wildman–Crippen LogP) is 0.958. The number of carbonyl (C=O) groups is 1. The minimum absolute atomic E-state index is 0.160. The van der Waals surface area contributed by atoms with Crippen LogP contribution in [0.15, 0.2) is 0 Å². The standard InChI is InChI=1S/C6H10O2/c1-5(8-4-7)6-2-3-6/h4-6H,2-3H2,1H3. The predicted molar refractivity (Wildman–Crippen MR) is 29.3 cm³/mol. The van der Waals surface area contributed by atoms with Gasteiger partial charge in [0.25, 0.3) is 6.47 Å². The van der Waals surface area contributed by atoms with E-state index in [0.29, 0.717) is 12.4 Å². The molecule has 0 amide bonds. The first-order valence-electron chi connectivity index (χ1n) is 2.93. The van der Waals surface area contributed by atoms with Gasteiger partial charge in [-0.15, -0.1) is 0 Å². The molecule has 0 N–H and O–H groups in total. The summed E-state index contributed by atoms with van der Waals surface area (Å²) < 4.78 is 4.69. The van der Waals surface area contributed by atoms with Crippen molar-refractivity contribution in [2.45, 2.75) is 25.9 Å². The van der Waals surface area contributed by atoms with Crippen LogP contribution >= 0.6 is 0 Å². The van der Waals surface area contributed by atoms with Crippen molar-refractivity contribution < 1.29 is 9.53 Å². The van der Waals surface area contributed by atoms with E-state index in [1.54, 1.807) is 0 Å². The summed E-state index contributed by atoms with van der Waals surface area (Å²) in [6, 6.07) is 0. The summed E-state index contributed by atoms with van der Waals surface area (Å²) in [5, 5.41) is 0. The van der Waals surface area contributed by atoms with Gasteiger partial charge in [0, 0.05) is 0 Å². The van der Waals surface area contributed by atoms with Gasteiger partial charge in [-0.25, -0.2) is 0 Å². The number of hydrogen-bond acceptors (Lipinski definition) is 2. The molecule has 1 saturated carbocycles. The molecule has 1 aliphatic rings. The van der Waals surface area contributed by atoms with Crippen molar-refractivity contribution in [1.29, 1.82) is 0 Å². The van der Waals surface area contributed by atoms with Gasteiger partial charge in [0.1, 0.15) is 6.10 Å². The minimum atomic E-state index is 0.160. The monoisotopic (exact) mass is 114 g/mol. The molecule has 0 aromatic carbocycles. The number of hydrogen-bond donors (Lipinski definition) is 0. The second kappa shape index (κ2) is 2.16. The first kappa shape index (κ1) is 5.60. The molecule has 0 aromatic heterocycles. The average Bonchev–Trinajstić information content (AvgIpc) is 2.45.